The van der Waals surface area contributed by atoms with E-state index in [4.69, 9.17) is 28.2 Å². The fourth-order valence-electron chi connectivity index (χ4n) is 4.84. The molecule has 2 fully saturated rings. The van der Waals surface area contributed by atoms with Gasteiger partial charge in [-0.25, -0.2) is 9.97 Å². The summed E-state index contributed by atoms with van der Waals surface area (Å²) in [6.07, 6.45) is 11.1. The van der Waals surface area contributed by atoms with Crippen LogP contribution in [0.25, 0.3) is 5.65 Å². The van der Waals surface area contributed by atoms with Gasteiger partial charge in [-0.15, -0.1) is 0 Å². The SMILES string of the molecule is C[C@@H]1CCC2(CCN(c3ncc(Sc4cccc(Cl)c4Cl)c4nccn34)C2)C1. The first-order chi connectivity index (χ1) is 13.5. The Morgan fingerprint density at radius 3 is 2.89 bits per heavy atom. The number of fused-ring (bicyclic) bond motifs is 1. The van der Waals surface area contributed by atoms with Crippen LogP contribution in [0.5, 0.6) is 0 Å². The van der Waals surface area contributed by atoms with Crippen molar-refractivity contribution in [2.24, 2.45) is 11.3 Å². The van der Waals surface area contributed by atoms with Crippen molar-refractivity contribution in [3.8, 4) is 0 Å². The lowest BCUT2D eigenvalue weighted by atomic mass is 9.85. The van der Waals surface area contributed by atoms with Crippen LogP contribution in [0.1, 0.15) is 32.6 Å². The number of rotatable bonds is 3. The molecule has 4 nitrogen and oxygen atoms in total. The summed E-state index contributed by atoms with van der Waals surface area (Å²) < 4.78 is 2.11. The van der Waals surface area contributed by atoms with Crippen LogP contribution in [-0.4, -0.2) is 27.5 Å². The molecule has 1 aliphatic carbocycles. The van der Waals surface area contributed by atoms with Crippen LogP contribution in [0.4, 0.5) is 5.95 Å². The third-order valence-corrected chi connectivity index (χ3v) is 8.18. The largest absolute Gasteiger partial charge is 0.341 e. The average Bonchev–Trinajstić information content (AvgIpc) is 3.40. The number of benzene rings is 1. The Labute approximate surface area is 179 Å². The molecular weight excluding hydrogens is 411 g/mol. The van der Waals surface area contributed by atoms with Gasteiger partial charge in [0.1, 0.15) is 0 Å². The highest BCUT2D eigenvalue weighted by Crippen LogP contribution is 2.48. The van der Waals surface area contributed by atoms with Crippen molar-refractivity contribution in [1.82, 2.24) is 14.4 Å². The summed E-state index contributed by atoms with van der Waals surface area (Å²) in [4.78, 5) is 13.8. The van der Waals surface area contributed by atoms with E-state index in [9.17, 15) is 0 Å². The van der Waals surface area contributed by atoms with E-state index in [2.05, 4.69) is 21.2 Å². The molecule has 3 heterocycles. The van der Waals surface area contributed by atoms with Gasteiger partial charge in [-0.2, -0.15) is 0 Å². The first kappa shape index (κ1) is 18.6. The van der Waals surface area contributed by atoms with Crippen molar-refractivity contribution >= 4 is 46.6 Å². The molecule has 1 unspecified atom stereocenters. The van der Waals surface area contributed by atoms with E-state index in [1.54, 1.807) is 17.8 Å². The van der Waals surface area contributed by atoms with E-state index in [0.29, 0.717) is 15.5 Å². The number of nitrogens with zero attached hydrogens (tertiary/aromatic N) is 4. The summed E-state index contributed by atoms with van der Waals surface area (Å²) in [5, 5.41) is 1.13. The normalized spacial score (nSPS) is 24.7. The van der Waals surface area contributed by atoms with Crippen molar-refractivity contribution in [2.45, 2.75) is 42.4 Å². The van der Waals surface area contributed by atoms with Gasteiger partial charge in [0.05, 0.1) is 14.9 Å². The zero-order valence-electron chi connectivity index (χ0n) is 15.7. The monoisotopic (exact) mass is 432 g/mol. The predicted molar refractivity (Wildman–Crippen MR) is 116 cm³/mol. The maximum absolute atomic E-state index is 6.38. The lowest BCUT2D eigenvalue weighted by Crippen LogP contribution is -2.27. The fraction of sp³-hybridized carbons (Fsp3) is 0.429. The van der Waals surface area contributed by atoms with Gasteiger partial charge in [-0.1, -0.05) is 54.4 Å². The van der Waals surface area contributed by atoms with Crippen LogP contribution >= 0.6 is 35.0 Å². The van der Waals surface area contributed by atoms with E-state index in [1.165, 1.54) is 25.7 Å². The molecule has 7 heteroatoms. The summed E-state index contributed by atoms with van der Waals surface area (Å²) >= 11 is 14.1. The van der Waals surface area contributed by atoms with Crippen molar-refractivity contribution < 1.29 is 0 Å². The maximum atomic E-state index is 6.38. The quantitative estimate of drug-likeness (QED) is 0.492. The Bertz CT molecular complexity index is 1040. The Hall–Kier alpha value is -1.43. The van der Waals surface area contributed by atoms with Crippen molar-refractivity contribution in [1.29, 1.82) is 0 Å². The lowest BCUT2D eigenvalue weighted by Gasteiger charge is -2.25. The number of halogens is 2. The predicted octanol–water partition coefficient (Wildman–Crippen LogP) is 6.20. The third-order valence-electron chi connectivity index (χ3n) is 6.18. The van der Waals surface area contributed by atoms with Gasteiger partial charge in [-0.05, 0) is 42.7 Å². The molecule has 2 aromatic heterocycles. The van der Waals surface area contributed by atoms with Crippen LogP contribution in [0.3, 0.4) is 0 Å². The van der Waals surface area contributed by atoms with Crippen molar-refractivity contribution in [3.05, 3.63) is 46.8 Å². The number of aromatic nitrogens is 3. The standard InChI is InChI=1S/C21H22Cl2N4S/c1-14-5-6-21(11-14)7-9-26(13-21)20-25-12-17(19-24-8-10-27(19)20)28-16-4-2-3-15(22)18(16)23/h2-4,8,10,12,14H,5-7,9,11,13H2,1H3/t14-,21?/m1/s1. The fourth-order valence-corrected chi connectivity index (χ4v) is 6.25. The lowest BCUT2D eigenvalue weighted by molar-refractivity contribution is 0.327. The number of imidazole rings is 1. The second-order valence-corrected chi connectivity index (χ2v) is 10.1. The van der Waals surface area contributed by atoms with Gasteiger partial charge in [0.2, 0.25) is 5.95 Å². The van der Waals surface area contributed by atoms with Crippen molar-refractivity contribution in [2.75, 3.05) is 18.0 Å². The van der Waals surface area contributed by atoms with Gasteiger partial charge in [0.25, 0.3) is 0 Å². The Morgan fingerprint density at radius 1 is 1.18 bits per heavy atom. The minimum absolute atomic E-state index is 0.482. The average molecular weight is 433 g/mol. The molecule has 1 saturated carbocycles. The van der Waals surface area contributed by atoms with E-state index in [1.807, 2.05) is 30.7 Å². The summed E-state index contributed by atoms with van der Waals surface area (Å²) in [7, 11) is 0. The molecule has 0 amide bonds. The van der Waals surface area contributed by atoms with E-state index >= 15 is 0 Å². The van der Waals surface area contributed by atoms with E-state index < -0.39 is 0 Å². The topological polar surface area (TPSA) is 33.4 Å². The molecule has 1 spiro atoms. The molecule has 0 radical (unpaired) electrons. The van der Waals surface area contributed by atoms with Crippen molar-refractivity contribution in [3.63, 3.8) is 0 Å². The van der Waals surface area contributed by atoms with Gasteiger partial charge < -0.3 is 4.90 Å². The second-order valence-electron chi connectivity index (χ2n) is 8.22. The first-order valence-corrected chi connectivity index (χ1v) is 11.3. The summed E-state index contributed by atoms with van der Waals surface area (Å²) in [6.45, 7) is 4.56. The van der Waals surface area contributed by atoms with Crippen LogP contribution in [-0.2, 0) is 0 Å². The molecule has 5 rings (SSSR count). The second kappa shape index (κ2) is 7.12. The molecule has 2 atom stereocenters. The van der Waals surface area contributed by atoms with Gasteiger partial charge in [0, 0.05) is 36.6 Å². The third kappa shape index (κ3) is 3.17. The number of anilines is 1. The molecular formula is C21H22Cl2N4S. The van der Waals surface area contributed by atoms with Gasteiger partial charge >= 0.3 is 0 Å². The minimum atomic E-state index is 0.482. The summed E-state index contributed by atoms with van der Waals surface area (Å²) in [5.41, 5.74) is 1.39. The molecule has 28 heavy (non-hydrogen) atoms. The summed E-state index contributed by atoms with van der Waals surface area (Å²) in [6, 6.07) is 5.68. The number of hydrogen-bond donors (Lipinski definition) is 0. The summed E-state index contributed by atoms with van der Waals surface area (Å²) in [5.74, 6) is 1.84. The zero-order chi connectivity index (χ0) is 19.3. The Morgan fingerprint density at radius 2 is 2.07 bits per heavy atom. The molecule has 0 N–H and O–H groups in total. The molecule has 1 aromatic carbocycles. The highest BCUT2D eigenvalue weighted by Gasteiger charge is 2.43. The molecule has 146 valence electrons. The maximum Gasteiger partial charge on any atom is 0.211 e. The van der Waals surface area contributed by atoms with E-state index in [-0.39, 0.29) is 0 Å². The van der Waals surface area contributed by atoms with Crippen LogP contribution in [0.15, 0.2) is 46.6 Å². The van der Waals surface area contributed by atoms with Gasteiger partial charge in [0.15, 0.2) is 5.65 Å². The van der Waals surface area contributed by atoms with Gasteiger partial charge in [-0.3, -0.25) is 4.40 Å². The Balaban J connectivity index is 1.46. The molecule has 1 saturated heterocycles. The Kier molecular flexibility index (Phi) is 4.73. The van der Waals surface area contributed by atoms with Crippen LogP contribution in [0, 0.1) is 11.3 Å². The molecule has 3 aromatic rings. The smallest absolute Gasteiger partial charge is 0.211 e. The first-order valence-electron chi connectivity index (χ1n) is 9.74. The van der Waals surface area contributed by atoms with E-state index in [0.717, 1.165) is 40.4 Å². The number of hydrogen-bond acceptors (Lipinski definition) is 4. The molecule has 2 aliphatic rings. The molecule has 1 aliphatic heterocycles. The minimum Gasteiger partial charge on any atom is -0.341 e. The van der Waals surface area contributed by atoms with Crippen LogP contribution in [0.2, 0.25) is 10.0 Å². The highest BCUT2D eigenvalue weighted by molar-refractivity contribution is 7.99. The highest BCUT2D eigenvalue weighted by atomic mass is 35.5. The molecule has 0 bridgehead atoms. The van der Waals surface area contributed by atoms with Crippen LogP contribution < -0.4 is 4.90 Å². The zero-order valence-corrected chi connectivity index (χ0v) is 18.1.